The van der Waals surface area contributed by atoms with Crippen LogP contribution in [-0.4, -0.2) is 33.9 Å². The summed E-state index contributed by atoms with van der Waals surface area (Å²) in [6, 6.07) is 1.85. The van der Waals surface area contributed by atoms with Crippen LogP contribution in [0.2, 0.25) is 0 Å². The molecule has 104 valence electrons. The molecule has 0 N–H and O–H groups in total. The van der Waals surface area contributed by atoms with Crippen molar-refractivity contribution in [1.82, 2.24) is 33.9 Å². The molecule has 7 heteroatoms. The fraction of sp³-hybridized carbons (Fsp3) is 0.143. The largest absolute Gasteiger partial charge is 0.296 e. The van der Waals surface area contributed by atoms with Crippen molar-refractivity contribution in [2.75, 3.05) is 0 Å². The van der Waals surface area contributed by atoms with Gasteiger partial charge in [0.25, 0.3) is 0 Å². The zero-order valence-electron chi connectivity index (χ0n) is 11.5. The molecular formula is C14H13N7. The lowest BCUT2D eigenvalue weighted by Crippen LogP contribution is -1.96. The molecule has 21 heavy (non-hydrogen) atoms. The van der Waals surface area contributed by atoms with Crippen molar-refractivity contribution < 1.29 is 0 Å². The van der Waals surface area contributed by atoms with Crippen molar-refractivity contribution in [3.8, 4) is 17.1 Å². The summed E-state index contributed by atoms with van der Waals surface area (Å²) in [5.74, 6) is 0.805. The van der Waals surface area contributed by atoms with Gasteiger partial charge in [-0.05, 0) is 13.0 Å². The van der Waals surface area contributed by atoms with E-state index in [0.717, 1.165) is 29.3 Å². The minimum Gasteiger partial charge on any atom is -0.296 e. The van der Waals surface area contributed by atoms with Crippen molar-refractivity contribution in [2.24, 2.45) is 0 Å². The maximum Gasteiger partial charge on any atom is 0.165 e. The lowest BCUT2D eigenvalue weighted by Gasteiger charge is -2.03. The first kappa shape index (κ1) is 11.8. The van der Waals surface area contributed by atoms with Crippen LogP contribution in [0, 0.1) is 0 Å². The van der Waals surface area contributed by atoms with Crippen molar-refractivity contribution in [2.45, 2.75) is 13.5 Å². The lowest BCUT2D eigenvalue weighted by molar-refractivity contribution is 0.659. The highest BCUT2D eigenvalue weighted by Gasteiger charge is 2.14. The number of hydrogen-bond acceptors (Lipinski definition) is 4. The monoisotopic (exact) mass is 279 g/mol. The predicted octanol–water partition coefficient (Wildman–Crippen LogP) is 1.80. The van der Waals surface area contributed by atoms with E-state index >= 15 is 0 Å². The fourth-order valence-electron chi connectivity index (χ4n) is 2.35. The van der Waals surface area contributed by atoms with Crippen molar-refractivity contribution in [1.29, 1.82) is 0 Å². The second-order valence-electron chi connectivity index (χ2n) is 4.62. The first-order valence-electron chi connectivity index (χ1n) is 6.71. The summed E-state index contributed by atoms with van der Waals surface area (Å²) in [6.45, 7) is 2.89. The Bertz CT molecular complexity index is 899. The Balaban J connectivity index is 1.88. The van der Waals surface area contributed by atoms with Gasteiger partial charge in [0, 0.05) is 37.5 Å². The molecular weight excluding hydrogens is 266 g/mol. The second-order valence-corrected chi connectivity index (χ2v) is 4.62. The van der Waals surface area contributed by atoms with E-state index in [4.69, 9.17) is 0 Å². The molecule has 0 aromatic carbocycles. The molecule has 0 fully saturated rings. The third kappa shape index (κ3) is 1.82. The Morgan fingerprint density at radius 1 is 1.05 bits per heavy atom. The Morgan fingerprint density at radius 2 is 2.00 bits per heavy atom. The molecule has 0 atom stereocenters. The number of rotatable bonds is 3. The molecule has 0 radical (unpaired) electrons. The zero-order valence-corrected chi connectivity index (χ0v) is 11.5. The third-order valence-electron chi connectivity index (χ3n) is 3.38. The van der Waals surface area contributed by atoms with Gasteiger partial charge in [-0.3, -0.25) is 9.25 Å². The first-order valence-corrected chi connectivity index (χ1v) is 6.71. The van der Waals surface area contributed by atoms with E-state index in [1.807, 2.05) is 40.1 Å². The molecule has 4 aromatic rings. The van der Waals surface area contributed by atoms with Crippen LogP contribution < -0.4 is 0 Å². The Labute approximate surface area is 120 Å². The molecule has 0 bridgehead atoms. The summed E-state index contributed by atoms with van der Waals surface area (Å²) in [5.41, 5.74) is 2.65. The number of imidazole rings is 1. The summed E-state index contributed by atoms with van der Waals surface area (Å²) >= 11 is 0. The Hall–Kier alpha value is -2.96. The summed E-state index contributed by atoms with van der Waals surface area (Å²) in [6.07, 6.45) is 12.9. The summed E-state index contributed by atoms with van der Waals surface area (Å²) in [7, 11) is 0. The van der Waals surface area contributed by atoms with Gasteiger partial charge in [-0.1, -0.05) is 0 Å². The van der Waals surface area contributed by atoms with Crippen LogP contribution in [0.1, 0.15) is 6.92 Å². The summed E-state index contributed by atoms with van der Waals surface area (Å²) in [5, 5.41) is 8.62. The van der Waals surface area contributed by atoms with Gasteiger partial charge in [0.15, 0.2) is 5.65 Å². The molecule has 0 spiro atoms. The second kappa shape index (κ2) is 4.55. The highest BCUT2D eigenvalue weighted by Crippen LogP contribution is 2.24. The molecule has 0 saturated heterocycles. The molecule has 0 unspecified atom stereocenters. The molecule has 0 aliphatic carbocycles. The van der Waals surface area contributed by atoms with E-state index in [9.17, 15) is 0 Å². The van der Waals surface area contributed by atoms with Gasteiger partial charge in [-0.2, -0.15) is 10.2 Å². The van der Waals surface area contributed by atoms with Crippen molar-refractivity contribution in [3.63, 3.8) is 0 Å². The number of aromatic nitrogens is 7. The van der Waals surface area contributed by atoms with Crippen LogP contribution in [-0.2, 0) is 6.54 Å². The van der Waals surface area contributed by atoms with E-state index < -0.39 is 0 Å². The fourth-order valence-corrected chi connectivity index (χ4v) is 2.35. The van der Waals surface area contributed by atoms with Crippen LogP contribution >= 0.6 is 0 Å². The maximum absolute atomic E-state index is 4.45. The van der Waals surface area contributed by atoms with E-state index in [0.29, 0.717) is 0 Å². The van der Waals surface area contributed by atoms with Crippen LogP contribution in [0.15, 0.2) is 49.4 Å². The Kier molecular flexibility index (Phi) is 2.56. The molecule has 0 amide bonds. The predicted molar refractivity (Wildman–Crippen MR) is 77.0 cm³/mol. The normalized spacial score (nSPS) is 11.3. The standard InChI is InChI=1S/C14H13N7/c1-2-19-10-11(8-17-19)20-7-5-16-13(20)12-9-18-21-6-3-4-15-14(12)21/h3-10H,2H2,1H3. The van der Waals surface area contributed by atoms with Gasteiger partial charge in [0.2, 0.25) is 0 Å². The van der Waals surface area contributed by atoms with Gasteiger partial charge in [0.05, 0.1) is 23.6 Å². The van der Waals surface area contributed by atoms with Crippen LogP contribution in [0.4, 0.5) is 0 Å². The summed E-state index contributed by atoms with van der Waals surface area (Å²) < 4.78 is 5.61. The average Bonchev–Trinajstić information content (AvgIpc) is 3.24. The number of aryl methyl sites for hydroxylation is 1. The van der Waals surface area contributed by atoms with Gasteiger partial charge >= 0.3 is 0 Å². The van der Waals surface area contributed by atoms with Crippen LogP contribution in [0.25, 0.3) is 22.7 Å². The van der Waals surface area contributed by atoms with E-state index in [2.05, 4.69) is 27.1 Å². The molecule has 4 rings (SSSR count). The third-order valence-corrected chi connectivity index (χ3v) is 3.38. The molecule has 4 aromatic heterocycles. The molecule has 7 nitrogen and oxygen atoms in total. The van der Waals surface area contributed by atoms with Crippen molar-refractivity contribution >= 4 is 5.65 Å². The van der Waals surface area contributed by atoms with Crippen LogP contribution in [0.3, 0.4) is 0 Å². The lowest BCUT2D eigenvalue weighted by atomic mass is 10.3. The van der Waals surface area contributed by atoms with Gasteiger partial charge in [0.1, 0.15) is 5.82 Å². The highest BCUT2D eigenvalue weighted by atomic mass is 15.3. The average molecular weight is 279 g/mol. The molecule has 0 aliphatic rings. The number of nitrogens with zero attached hydrogens (tertiary/aromatic N) is 7. The van der Waals surface area contributed by atoms with E-state index in [1.165, 1.54) is 0 Å². The van der Waals surface area contributed by atoms with Gasteiger partial charge in [-0.25, -0.2) is 14.5 Å². The SMILES string of the molecule is CCn1cc(-n2ccnc2-c2cnn3cccnc23)cn1. The minimum absolute atomic E-state index is 0.785. The van der Waals surface area contributed by atoms with E-state index in [-0.39, 0.29) is 0 Å². The van der Waals surface area contributed by atoms with Gasteiger partial charge < -0.3 is 0 Å². The smallest absolute Gasteiger partial charge is 0.165 e. The quantitative estimate of drug-likeness (QED) is 0.573. The molecule has 0 aliphatic heterocycles. The van der Waals surface area contributed by atoms with E-state index in [1.54, 1.807) is 23.1 Å². The first-order chi connectivity index (χ1) is 10.4. The van der Waals surface area contributed by atoms with Crippen molar-refractivity contribution in [3.05, 3.63) is 49.4 Å². The van der Waals surface area contributed by atoms with Gasteiger partial charge in [-0.15, -0.1) is 0 Å². The topological polar surface area (TPSA) is 65.8 Å². The molecule has 0 saturated carbocycles. The minimum atomic E-state index is 0.785. The zero-order chi connectivity index (χ0) is 14.2. The van der Waals surface area contributed by atoms with Crippen LogP contribution in [0.5, 0.6) is 0 Å². The maximum atomic E-state index is 4.45. The molecule has 4 heterocycles. The highest BCUT2D eigenvalue weighted by molar-refractivity contribution is 5.73. The Morgan fingerprint density at radius 3 is 2.86 bits per heavy atom. The number of hydrogen-bond donors (Lipinski definition) is 0. The summed E-state index contributed by atoms with van der Waals surface area (Å²) in [4.78, 5) is 8.83. The number of fused-ring (bicyclic) bond motifs is 1.